The fourth-order valence-corrected chi connectivity index (χ4v) is 4.43. The van der Waals surface area contributed by atoms with Crippen LogP contribution in [0.5, 0.6) is 11.5 Å². The first kappa shape index (κ1) is 25.0. The fraction of sp³-hybridized carbons (Fsp3) is 0.391. The Morgan fingerprint density at radius 2 is 1.97 bits per heavy atom. The van der Waals surface area contributed by atoms with Gasteiger partial charge in [-0.05, 0) is 12.1 Å². The summed E-state index contributed by atoms with van der Waals surface area (Å²) in [5.41, 5.74) is -0.727. The molecule has 0 bridgehead atoms. The van der Waals surface area contributed by atoms with E-state index in [0.717, 1.165) is 18.2 Å². The molecule has 4 rings (SSSR count). The van der Waals surface area contributed by atoms with Crippen LogP contribution in [-0.4, -0.2) is 53.8 Å². The number of rotatable bonds is 9. The fourth-order valence-electron chi connectivity index (χ4n) is 3.68. The number of halogens is 2. The standard InChI is InChI=1S/C23H27F2N3O6Si/c1-35(2,3)7-6-32-13-28-10-15(23(31)11-33-12-23)19-18(4-5-26-21(19)28)34-20-16(24)8-14(9-17(20)25)27-22(29)30/h4-5,8-10,27,31H,6-7,11-13H2,1-3H3,(H,29,30). The number of amides is 1. The van der Waals surface area contributed by atoms with Crippen LogP contribution in [0.3, 0.4) is 0 Å². The average molecular weight is 508 g/mol. The molecule has 0 radical (unpaired) electrons. The van der Waals surface area contributed by atoms with Gasteiger partial charge in [0.25, 0.3) is 0 Å². The highest BCUT2D eigenvalue weighted by molar-refractivity contribution is 6.76. The smallest absolute Gasteiger partial charge is 0.409 e. The van der Waals surface area contributed by atoms with Crippen LogP contribution in [0.25, 0.3) is 11.0 Å². The van der Waals surface area contributed by atoms with Crippen molar-refractivity contribution in [2.45, 2.75) is 38.0 Å². The van der Waals surface area contributed by atoms with E-state index in [1.165, 1.54) is 12.3 Å². The van der Waals surface area contributed by atoms with Crippen LogP contribution in [-0.2, 0) is 21.8 Å². The van der Waals surface area contributed by atoms with Crippen molar-refractivity contribution in [3.63, 3.8) is 0 Å². The largest absolute Gasteiger partial charge is 0.465 e. The molecule has 0 aliphatic carbocycles. The highest BCUT2D eigenvalue weighted by Crippen LogP contribution is 2.41. The van der Waals surface area contributed by atoms with Crippen LogP contribution in [0.1, 0.15) is 5.56 Å². The summed E-state index contributed by atoms with van der Waals surface area (Å²) in [6.45, 7) is 7.59. The van der Waals surface area contributed by atoms with E-state index in [0.29, 0.717) is 23.2 Å². The molecule has 9 nitrogen and oxygen atoms in total. The Labute approximate surface area is 201 Å². The number of nitrogens with zero attached hydrogens (tertiary/aromatic N) is 2. The maximum Gasteiger partial charge on any atom is 0.409 e. The lowest BCUT2D eigenvalue weighted by Crippen LogP contribution is -2.46. The summed E-state index contributed by atoms with van der Waals surface area (Å²) in [7, 11) is -1.28. The van der Waals surface area contributed by atoms with Crippen LogP contribution < -0.4 is 10.1 Å². The predicted molar refractivity (Wildman–Crippen MR) is 127 cm³/mol. The molecule has 2 aromatic heterocycles. The maximum absolute atomic E-state index is 14.7. The Morgan fingerprint density at radius 3 is 2.54 bits per heavy atom. The minimum absolute atomic E-state index is 0.0508. The Morgan fingerprint density at radius 1 is 1.29 bits per heavy atom. The van der Waals surface area contributed by atoms with Crippen molar-refractivity contribution in [2.75, 3.05) is 25.1 Å². The molecule has 0 spiro atoms. The second-order valence-electron chi connectivity index (χ2n) is 9.69. The van der Waals surface area contributed by atoms with Gasteiger partial charge >= 0.3 is 6.09 Å². The summed E-state index contributed by atoms with van der Waals surface area (Å²) in [4.78, 5) is 15.2. The van der Waals surface area contributed by atoms with Crippen molar-refractivity contribution in [3.8, 4) is 11.5 Å². The highest BCUT2D eigenvalue weighted by atomic mass is 28.3. The summed E-state index contributed by atoms with van der Waals surface area (Å²) >= 11 is 0. The third kappa shape index (κ3) is 5.45. The van der Waals surface area contributed by atoms with E-state index in [1.54, 1.807) is 10.8 Å². The molecule has 1 fully saturated rings. The first-order valence-corrected chi connectivity index (χ1v) is 14.7. The molecule has 3 heterocycles. The summed E-state index contributed by atoms with van der Waals surface area (Å²) in [5, 5.41) is 22.1. The van der Waals surface area contributed by atoms with Gasteiger partial charge in [0.05, 0.1) is 24.3 Å². The van der Waals surface area contributed by atoms with E-state index in [1.807, 2.05) is 5.32 Å². The maximum atomic E-state index is 14.7. The number of benzene rings is 1. The van der Waals surface area contributed by atoms with Crippen LogP contribution in [0.4, 0.5) is 19.3 Å². The van der Waals surface area contributed by atoms with E-state index in [9.17, 15) is 18.7 Å². The second-order valence-corrected chi connectivity index (χ2v) is 15.3. The van der Waals surface area contributed by atoms with Gasteiger partial charge in [0, 0.05) is 44.8 Å². The van der Waals surface area contributed by atoms with Crippen molar-refractivity contribution in [1.29, 1.82) is 0 Å². The summed E-state index contributed by atoms with van der Waals surface area (Å²) in [6.07, 6.45) is 1.66. The number of carboxylic acid groups (broad SMARTS) is 1. The number of carbonyl (C=O) groups is 1. The molecule has 188 valence electrons. The van der Waals surface area contributed by atoms with E-state index in [2.05, 4.69) is 24.6 Å². The molecule has 1 aliphatic heterocycles. The quantitative estimate of drug-likeness (QED) is 0.283. The lowest BCUT2D eigenvalue weighted by molar-refractivity contribution is -0.184. The molecular formula is C23H27F2N3O6Si. The number of nitrogens with one attached hydrogen (secondary N) is 1. The van der Waals surface area contributed by atoms with Gasteiger partial charge in [0.2, 0.25) is 0 Å². The van der Waals surface area contributed by atoms with Gasteiger partial charge in [-0.2, -0.15) is 0 Å². The molecule has 0 saturated carbocycles. The van der Waals surface area contributed by atoms with Crippen LogP contribution in [0.2, 0.25) is 25.7 Å². The van der Waals surface area contributed by atoms with Gasteiger partial charge in [-0.25, -0.2) is 18.6 Å². The van der Waals surface area contributed by atoms with Crippen molar-refractivity contribution < 1.29 is 38.0 Å². The van der Waals surface area contributed by atoms with Gasteiger partial charge in [-0.1, -0.05) is 19.6 Å². The number of anilines is 1. The first-order chi connectivity index (χ1) is 16.5. The Bertz CT molecular complexity index is 1230. The van der Waals surface area contributed by atoms with Gasteiger partial charge in [-0.15, -0.1) is 0 Å². The minimum Gasteiger partial charge on any atom is -0.465 e. The number of ether oxygens (including phenoxy) is 3. The molecule has 1 saturated heterocycles. The van der Waals surface area contributed by atoms with Gasteiger partial charge in [0.15, 0.2) is 17.4 Å². The average Bonchev–Trinajstić information content (AvgIpc) is 3.11. The predicted octanol–water partition coefficient (Wildman–Crippen LogP) is 4.73. The third-order valence-electron chi connectivity index (χ3n) is 5.59. The molecule has 12 heteroatoms. The van der Waals surface area contributed by atoms with Gasteiger partial charge in [-0.3, -0.25) is 5.32 Å². The van der Waals surface area contributed by atoms with Crippen molar-refractivity contribution in [3.05, 3.63) is 47.8 Å². The van der Waals surface area contributed by atoms with Crippen LogP contribution in [0, 0.1) is 11.6 Å². The number of aromatic nitrogens is 2. The first-order valence-electron chi connectivity index (χ1n) is 11.0. The Kier molecular flexibility index (Phi) is 6.82. The molecule has 3 aromatic rings. The summed E-state index contributed by atoms with van der Waals surface area (Å²) < 4.78 is 47.7. The van der Waals surface area contributed by atoms with Crippen LogP contribution in [0.15, 0.2) is 30.6 Å². The van der Waals surface area contributed by atoms with Gasteiger partial charge in [0.1, 0.15) is 23.7 Å². The number of pyridine rings is 1. The van der Waals surface area contributed by atoms with E-state index >= 15 is 0 Å². The van der Waals surface area contributed by atoms with Crippen LogP contribution >= 0.6 is 0 Å². The normalized spacial score (nSPS) is 15.1. The third-order valence-corrected chi connectivity index (χ3v) is 7.29. The van der Waals surface area contributed by atoms with Crippen molar-refractivity contribution in [1.82, 2.24) is 9.55 Å². The molecule has 1 amide bonds. The molecule has 1 aromatic carbocycles. The van der Waals surface area contributed by atoms with E-state index in [-0.39, 0.29) is 31.4 Å². The lowest BCUT2D eigenvalue weighted by atomic mass is 9.92. The number of fused-ring (bicyclic) bond motifs is 1. The molecule has 35 heavy (non-hydrogen) atoms. The zero-order valence-corrected chi connectivity index (χ0v) is 20.6. The van der Waals surface area contributed by atoms with E-state index < -0.39 is 37.2 Å². The van der Waals surface area contributed by atoms with Crippen molar-refractivity contribution >= 4 is 30.9 Å². The SMILES string of the molecule is C[Si](C)(C)CCOCn1cc(C2(O)COC2)c2c(Oc3c(F)cc(NC(=O)O)cc3F)ccnc21. The highest BCUT2D eigenvalue weighted by Gasteiger charge is 2.41. The molecule has 1 aliphatic rings. The number of aliphatic hydroxyl groups is 1. The zero-order valence-electron chi connectivity index (χ0n) is 19.6. The molecular weight excluding hydrogens is 480 g/mol. The topological polar surface area (TPSA) is 115 Å². The zero-order chi connectivity index (χ0) is 25.4. The van der Waals surface area contributed by atoms with Crippen molar-refractivity contribution in [2.24, 2.45) is 0 Å². The summed E-state index contributed by atoms with van der Waals surface area (Å²) in [6, 6.07) is 4.05. The van der Waals surface area contributed by atoms with E-state index in [4.69, 9.17) is 19.3 Å². The minimum atomic E-state index is -1.46. The Hall–Kier alpha value is -3.06. The molecule has 0 unspecified atom stereocenters. The monoisotopic (exact) mass is 507 g/mol. The second kappa shape index (κ2) is 9.53. The van der Waals surface area contributed by atoms with Gasteiger partial charge < -0.3 is 29.0 Å². The Balaban J connectivity index is 1.70. The number of hydrogen-bond donors (Lipinski definition) is 3. The molecule has 3 N–H and O–H groups in total. The number of hydrogen-bond acceptors (Lipinski definition) is 6. The molecule has 0 atom stereocenters. The lowest BCUT2D eigenvalue weighted by Gasteiger charge is -2.36. The summed E-state index contributed by atoms with van der Waals surface area (Å²) in [5.74, 6) is -2.83.